The Labute approximate surface area is 181 Å². The summed E-state index contributed by atoms with van der Waals surface area (Å²) in [5, 5.41) is 0.904. The van der Waals surface area contributed by atoms with Crippen LogP contribution in [-0.4, -0.2) is 17.6 Å². The molecule has 0 atom stereocenters. The Morgan fingerprint density at radius 3 is 2.39 bits per heavy atom. The number of hydrogen-bond donors (Lipinski definition) is 0. The monoisotopic (exact) mass is 443 g/mol. The summed E-state index contributed by atoms with van der Waals surface area (Å²) in [5.41, 5.74) is 2.04. The van der Waals surface area contributed by atoms with Crippen LogP contribution in [0.15, 0.2) is 72.9 Å². The molecule has 0 fully saturated rings. The molecule has 0 saturated carbocycles. The van der Waals surface area contributed by atoms with Crippen LogP contribution in [0.4, 0.5) is 13.2 Å². The third kappa shape index (κ3) is 4.03. The van der Waals surface area contributed by atoms with Crippen molar-refractivity contribution in [1.82, 2.24) is 4.57 Å². The summed E-state index contributed by atoms with van der Waals surface area (Å²) in [4.78, 5) is 11.7. The number of para-hydroxylation sites is 1. The van der Waals surface area contributed by atoms with Crippen molar-refractivity contribution in [2.24, 2.45) is 0 Å². The van der Waals surface area contributed by atoms with E-state index >= 15 is 0 Å². The highest BCUT2D eigenvalue weighted by Gasteiger charge is 2.34. The second kappa shape index (κ2) is 8.12. The highest BCUT2D eigenvalue weighted by Crippen LogP contribution is 2.37. The Hall–Kier alpha value is -3.25. The van der Waals surface area contributed by atoms with Crippen molar-refractivity contribution >= 4 is 28.5 Å². The second-order valence-electron chi connectivity index (χ2n) is 7.02. The van der Waals surface area contributed by atoms with Gasteiger partial charge in [0.05, 0.1) is 23.8 Å². The van der Waals surface area contributed by atoms with Gasteiger partial charge in [-0.1, -0.05) is 35.9 Å². The summed E-state index contributed by atoms with van der Waals surface area (Å²) >= 11 is 6.17. The van der Waals surface area contributed by atoms with Gasteiger partial charge in [0.2, 0.25) is 0 Å². The van der Waals surface area contributed by atoms with Crippen LogP contribution >= 0.6 is 11.6 Å². The first-order valence-corrected chi connectivity index (χ1v) is 9.79. The molecular formula is C24H17ClF3NO2. The average molecular weight is 444 g/mol. The summed E-state index contributed by atoms with van der Waals surface area (Å²) in [6.45, 7) is 0. The van der Waals surface area contributed by atoms with Gasteiger partial charge >= 0.3 is 12.1 Å². The lowest BCUT2D eigenvalue weighted by Gasteiger charge is -2.14. The number of rotatable bonds is 4. The number of benzene rings is 3. The normalized spacial score (nSPS) is 11.6. The first-order valence-electron chi connectivity index (χ1n) is 9.42. The van der Waals surface area contributed by atoms with Gasteiger partial charge in [-0.2, -0.15) is 13.2 Å². The second-order valence-corrected chi connectivity index (χ2v) is 7.43. The molecule has 3 nitrogen and oxygen atoms in total. The van der Waals surface area contributed by atoms with Crippen LogP contribution in [-0.2, 0) is 17.3 Å². The molecule has 0 N–H and O–H groups in total. The summed E-state index contributed by atoms with van der Waals surface area (Å²) < 4.78 is 47.2. The molecule has 0 saturated heterocycles. The van der Waals surface area contributed by atoms with E-state index in [2.05, 4.69) is 0 Å². The van der Waals surface area contributed by atoms with Crippen molar-refractivity contribution in [3.8, 4) is 5.69 Å². The van der Waals surface area contributed by atoms with Crippen LogP contribution < -0.4 is 0 Å². The van der Waals surface area contributed by atoms with Gasteiger partial charge in [-0.15, -0.1) is 0 Å². The van der Waals surface area contributed by atoms with Gasteiger partial charge in [-0.25, -0.2) is 4.79 Å². The first kappa shape index (κ1) is 21.0. The van der Waals surface area contributed by atoms with Gasteiger partial charge in [0.1, 0.15) is 0 Å². The Morgan fingerprint density at radius 1 is 1.00 bits per heavy atom. The smallest absolute Gasteiger partial charge is 0.416 e. The van der Waals surface area contributed by atoms with Crippen LogP contribution in [0.1, 0.15) is 27.0 Å². The van der Waals surface area contributed by atoms with Crippen molar-refractivity contribution < 1.29 is 22.7 Å². The van der Waals surface area contributed by atoms with E-state index in [9.17, 15) is 18.0 Å². The molecule has 0 aliphatic rings. The minimum Gasteiger partial charge on any atom is -0.465 e. The number of fused-ring (bicyclic) bond motifs is 1. The molecule has 31 heavy (non-hydrogen) atoms. The zero-order valence-corrected chi connectivity index (χ0v) is 17.2. The van der Waals surface area contributed by atoms with Crippen molar-refractivity contribution in [1.29, 1.82) is 0 Å². The lowest BCUT2D eigenvalue weighted by atomic mass is 9.99. The van der Waals surface area contributed by atoms with Crippen molar-refractivity contribution in [3.63, 3.8) is 0 Å². The number of carbonyl (C=O) groups excluding carboxylic acids is 1. The van der Waals surface area contributed by atoms with E-state index in [1.807, 2.05) is 28.8 Å². The average Bonchev–Trinajstić information content (AvgIpc) is 3.12. The summed E-state index contributed by atoms with van der Waals surface area (Å²) in [5.74, 6) is -0.442. The number of hydrogen-bond acceptors (Lipinski definition) is 2. The molecule has 3 aromatic carbocycles. The Bertz CT molecular complexity index is 1260. The van der Waals surface area contributed by atoms with Gasteiger partial charge in [-0.3, -0.25) is 0 Å². The molecule has 0 amide bonds. The number of alkyl halides is 3. The molecule has 0 bridgehead atoms. The van der Waals surface area contributed by atoms with Crippen LogP contribution in [0, 0.1) is 0 Å². The topological polar surface area (TPSA) is 31.2 Å². The van der Waals surface area contributed by atoms with Crippen LogP contribution in [0.5, 0.6) is 0 Å². The summed E-state index contributed by atoms with van der Waals surface area (Å²) in [6, 6.07) is 18.1. The molecule has 1 heterocycles. The van der Waals surface area contributed by atoms with E-state index in [1.165, 1.54) is 19.2 Å². The molecule has 1 aromatic heterocycles. The lowest BCUT2D eigenvalue weighted by Crippen LogP contribution is -2.10. The molecule has 4 aromatic rings. The van der Waals surface area contributed by atoms with Crippen LogP contribution in [0.25, 0.3) is 16.6 Å². The molecule has 158 valence electrons. The molecule has 4 rings (SSSR count). The van der Waals surface area contributed by atoms with Gasteiger partial charge in [-0.05, 0) is 53.6 Å². The Balaban J connectivity index is 1.82. The number of halogens is 4. The summed E-state index contributed by atoms with van der Waals surface area (Å²) in [6.07, 6.45) is -2.66. The third-order valence-corrected chi connectivity index (χ3v) is 5.51. The van der Waals surface area contributed by atoms with E-state index < -0.39 is 17.7 Å². The van der Waals surface area contributed by atoms with Gasteiger partial charge in [0.15, 0.2) is 0 Å². The number of esters is 1. The van der Waals surface area contributed by atoms with Crippen molar-refractivity contribution in [2.75, 3.05) is 7.11 Å². The van der Waals surface area contributed by atoms with Crippen LogP contribution in [0.2, 0.25) is 5.02 Å². The standard InChI is InChI=1S/C24H17ClF3NO2/c1-31-23(30)15-9-11-17(12-10-15)29-14-16(18-5-2-3-8-22(18)29)13-19-20(24(26,27)28)6-4-7-21(19)25/h2-12,14H,13H2,1H3. The largest absolute Gasteiger partial charge is 0.465 e. The first-order chi connectivity index (χ1) is 14.8. The minimum absolute atomic E-state index is 0.0300. The van der Waals surface area contributed by atoms with Crippen molar-refractivity contribution in [3.05, 3.63) is 100 Å². The molecule has 0 aliphatic heterocycles. The van der Waals surface area contributed by atoms with E-state index in [-0.39, 0.29) is 17.0 Å². The Kier molecular flexibility index (Phi) is 5.50. The fraction of sp³-hybridized carbons (Fsp3) is 0.125. The highest BCUT2D eigenvalue weighted by molar-refractivity contribution is 6.31. The van der Waals surface area contributed by atoms with Crippen LogP contribution in [0.3, 0.4) is 0 Å². The fourth-order valence-corrected chi connectivity index (χ4v) is 3.92. The number of nitrogens with zero attached hydrogens (tertiary/aromatic N) is 1. The molecular weight excluding hydrogens is 427 g/mol. The molecule has 0 aliphatic carbocycles. The maximum Gasteiger partial charge on any atom is 0.416 e. The minimum atomic E-state index is -4.50. The number of aromatic nitrogens is 1. The molecule has 0 radical (unpaired) electrons. The number of methoxy groups -OCH3 is 1. The quantitative estimate of drug-likeness (QED) is 0.329. The fourth-order valence-electron chi connectivity index (χ4n) is 3.67. The van der Waals surface area contributed by atoms with E-state index in [0.29, 0.717) is 11.1 Å². The zero-order valence-electron chi connectivity index (χ0n) is 16.4. The van der Waals surface area contributed by atoms with Crippen molar-refractivity contribution in [2.45, 2.75) is 12.6 Å². The number of ether oxygens (including phenoxy) is 1. The van der Waals surface area contributed by atoms with Gasteiger partial charge in [0.25, 0.3) is 0 Å². The highest BCUT2D eigenvalue weighted by atomic mass is 35.5. The van der Waals surface area contributed by atoms with Gasteiger partial charge in [0, 0.05) is 28.7 Å². The van der Waals surface area contributed by atoms with E-state index in [4.69, 9.17) is 16.3 Å². The molecule has 0 spiro atoms. The van der Waals surface area contributed by atoms with Gasteiger partial charge < -0.3 is 9.30 Å². The van der Waals surface area contributed by atoms with E-state index in [0.717, 1.165) is 22.7 Å². The molecule has 0 unspecified atom stereocenters. The maximum atomic E-state index is 13.5. The SMILES string of the molecule is COC(=O)c1ccc(-n2cc(Cc3c(Cl)cccc3C(F)(F)F)c3ccccc32)cc1. The van der Waals surface area contributed by atoms with E-state index in [1.54, 1.807) is 30.5 Å². The Morgan fingerprint density at radius 2 is 1.71 bits per heavy atom. The predicted octanol–water partition coefficient (Wildman–Crippen LogP) is 6.68. The third-order valence-electron chi connectivity index (χ3n) is 5.15. The lowest BCUT2D eigenvalue weighted by molar-refractivity contribution is -0.138. The zero-order chi connectivity index (χ0) is 22.2. The predicted molar refractivity (Wildman–Crippen MR) is 114 cm³/mol. The maximum absolute atomic E-state index is 13.5. The summed E-state index contributed by atoms with van der Waals surface area (Å²) in [7, 11) is 1.31. The molecule has 7 heteroatoms. The number of carbonyl (C=O) groups is 1.